The Balaban J connectivity index is 2.90. The van der Waals surface area contributed by atoms with E-state index in [1.54, 1.807) is 32.9 Å². The average Bonchev–Trinajstić information content (AvgIpc) is 2.26. The lowest BCUT2D eigenvalue weighted by atomic mass is 9.95. The maximum Gasteiger partial charge on any atom is 0.312 e. The van der Waals surface area contributed by atoms with Gasteiger partial charge < -0.3 is 14.9 Å². The normalized spacial score (nSPS) is 13.2. The van der Waals surface area contributed by atoms with Crippen molar-refractivity contribution in [2.75, 3.05) is 6.61 Å². The Morgan fingerprint density at radius 1 is 1.44 bits per heavy atom. The Hall–Kier alpha value is -1.55. The van der Waals surface area contributed by atoms with Gasteiger partial charge in [-0.25, -0.2) is 0 Å². The van der Waals surface area contributed by atoms with Gasteiger partial charge in [-0.05, 0) is 39.3 Å². The van der Waals surface area contributed by atoms with Crippen molar-refractivity contribution in [3.05, 3.63) is 29.3 Å². The molecule has 100 valence electrons. The number of aryl methyl sites for hydroxylation is 1. The Labute approximate surface area is 107 Å². The van der Waals surface area contributed by atoms with Crippen LogP contribution in [-0.2, 0) is 4.79 Å². The zero-order valence-electron chi connectivity index (χ0n) is 11.2. The number of aliphatic hydroxyl groups excluding tert-OH is 1. The summed E-state index contributed by atoms with van der Waals surface area (Å²) in [6.07, 6.45) is -0.645. The average molecular weight is 252 g/mol. The molecule has 0 aliphatic rings. The van der Waals surface area contributed by atoms with Crippen molar-refractivity contribution >= 4 is 5.97 Å². The molecule has 0 aliphatic heterocycles. The predicted octanol–water partition coefficient (Wildman–Crippen LogP) is 2.54. The summed E-state index contributed by atoms with van der Waals surface area (Å²) in [4.78, 5) is 11.0. The second-order valence-corrected chi connectivity index (χ2v) is 5.19. The first kappa shape index (κ1) is 14.5. The lowest BCUT2D eigenvalue weighted by molar-refractivity contribution is -0.148. The molecular formula is C14H20O4. The fourth-order valence-corrected chi connectivity index (χ4v) is 1.43. The van der Waals surface area contributed by atoms with Gasteiger partial charge in [-0.3, -0.25) is 4.79 Å². The Kier molecular flexibility index (Phi) is 4.35. The molecule has 0 amide bonds. The minimum absolute atomic E-state index is 0.0610. The molecule has 0 saturated carbocycles. The summed E-state index contributed by atoms with van der Waals surface area (Å²) in [6.45, 7) is 6.84. The number of rotatable bonds is 5. The lowest BCUT2D eigenvalue weighted by Gasteiger charge is -2.21. The Morgan fingerprint density at radius 2 is 2.06 bits per heavy atom. The van der Waals surface area contributed by atoms with Crippen LogP contribution >= 0.6 is 0 Å². The molecule has 18 heavy (non-hydrogen) atoms. The van der Waals surface area contributed by atoms with Gasteiger partial charge in [-0.2, -0.15) is 0 Å². The number of aliphatic hydroxyl groups is 1. The molecule has 1 atom stereocenters. The zero-order chi connectivity index (χ0) is 13.9. The van der Waals surface area contributed by atoms with Crippen molar-refractivity contribution in [1.82, 2.24) is 0 Å². The van der Waals surface area contributed by atoms with E-state index in [0.29, 0.717) is 11.3 Å². The van der Waals surface area contributed by atoms with Crippen LogP contribution in [0.5, 0.6) is 5.75 Å². The van der Waals surface area contributed by atoms with Gasteiger partial charge in [-0.1, -0.05) is 12.1 Å². The summed E-state index contributed by atoms with van der Waals surface area (Å²) < 4.78 is 5.56. The summed E-state index contributed by atoms with van der Waals surface area (Å²) in [5, 5.41) is 18.7. The van der Waals surface area contributed by atoms with Gasteiger partial charge in [0.15, 0.2) is 0 Å². The maximum absolute atomic E-state index is 11.0. The van der Waals surface area contributed by atoms with Crippen molar-refractivity contribution in [3.63, 3.8) is 0 Å². The molecule has 2 N–H and O–H groups in total. The summed E-state index contributed by atoms with van der Waals surface area (Å²) >= 11 is 0. The number of carboxylic acid groups (broad SMARTS) is 1. The third-order valence-electron chi connectivity index (χ3n) is 2.79. The first-order valence-electron chi connectivity index (χ1n) is 5.89. The highest BCUT2D eigenvalue weighted by atomic mass is 16.5. The highest BCUT2D eigenvalue weighted by Gasteiger charge is 2.28. The number of hydrogen-bond donors (Lipinski definition) is 2. The monoisotopic (exact) mass is 252 g/mol. The summed E-state index contributed by atoms with van der Waals surface area (Å²) in [5.74, 6) is -0.368. The smallest absolute Gasteiger partial charge is 0.312 e. The van der Waals surface area contributed by atoms with Crippen molar-refractivity contribution < 1.29 is 19.7 Å². The van der Waals surface area contributed by atoms with Gasteiger partial charge in [0.1, 0.15) is 12.4 Å². The van der Waals surface area contributed by atoms with Crippen LogP contribution in [0.4, 0.5) is 0 Å². The summed E-state index contributed by atoms with van der Waals surface area (Å²) in [5.41, 5.74) is 0.712. The summed E-state index contributed by atoms with van der Waals surface area (Å²) in [7, 11) is 0. The molecule has 0 bridgehead atoms. The number of hydrogen-bond acceptors (Lipinski definition) is 3. The number of carbonyl (C=O) groups is 1. The van der Waals surface area contributed by atoms with Gasteiger partial charge in [0.25, 0.3) is 0 Å². The predicted molar refractivity (Wildman–Crippen MR) is 68.7 cm³/mol. The van der Waals surface area contributed by atoms with E-state index < -0.39 is 17.5 Å². The van der Waals surface area contributed by atoms with Crippen LogP contribution < -0.4 is 4.74 Å². The number of aliphatic carboxylic acids is 1. The van der Waals surface area contributed by atoms with Crippen molar-refractivity contribution in [2.24, 2.45) is 5.41 Å². The highest BCUT2D eigenvalue weighted by Crippen LogP contribution is 2.28. The fourth-order valence-electron chi connectivity index (χ4n) is 1.43. The van der Waals surface area contributed by atoms with E-state index in [1.165, 1.54) is 0 Å². The first-order chi connectivity index (χ1) is 8.24. The van der Waals surface area contributed by atoms with E-state index in [0.717, 1.165) is 5.56 Å². The van der Waals surface area contributed by atoms with Crippen LogP contribution in [0.3, 0.4) is 0 Å². The molecule has 0 saturated heterocycles. The van der Waals surface area contributed by atoms with E-state index in [9.17, 15) is 9.90 Å². The Bertz CT molecular complexity index is 435. The van der Waals surface area contributed by atoms with Crippen molar-refractivity contribution in [3.8, 4) is 5.75 Å². The summed E-state index contributed by atoms with van der Waals surface area (Å²) in [6, 6.07) is 5.49. The number of benzene rings is 1. The molecule has 4 heteroatoms. The molecule has 1 rings (SSSR count). The molecule has 1 aromatic carbocycles. The van der Waals surface area contributed by atoms with Crippen LogP contribution in [0, 0.1) is 12.3 Å². The second kappa shape index (κ2) is 5.40. The van der Waals surface area contributed by atoms with Gasteiger partial charge in [0.2, 0.25) is 0 Å². The minimum Gasteiger partial charge on any atom is -0.492 e. The first-order valence-corrected chi connectivity index (χ1v) is 5.89. The maximum atomic E-state index is 11.0. The quantitative estimate of drug-likeness (QED) is 0.845. The number of ether oxygens (including phenoxy) is 1. The third kappa shape index (κ3) is 3.47. The zero-order valence-corrected chi connectivity index (χ0v) is 11.2. The molecule has 1 unspecified atom stereocenters. The molecule has 0 fully saturated rings. The van der Waals surface area contributed by atoms with E-state index in [4.69, 9.17) is 9.84 Å². The van der Waals surface area contributed by atoms with Gasteiger partial charge in [0, 0.05) is 5.56 Å². The van der Waals surface area contributed by atoms with Crippen molar-refractivity contribution in [2.45, 2.75) is 33.8 Å². The van der Waals surface area contributed by atoms with Crippen LogP contribution in [0.1, 0.15) is 38.0 Å². The highest BCUT2D eigenvalue weighted by molar-refractivity contribution is 5.73. The lowest BCUT2D eigenvalue weighted by Crippen LogP contribution is -2.30. The molecule has 0 heterocycles. The molecule has 0 radical (unpaired) electrons. The molecular weight excluding hydrogens is 232 g/mol. The van der Waals surface area contributed by atoms with Crippen LogP contribution in [0.15, 0.2) is 18.2 Å². The van der Waals surface area contributed by atoms with E-state index in [2.05, 4.69) is 0 Å². The van der Waals surface area contributed by atoms with Crippen LogP contribution in [0.25, 0.3) is 0 Å². The largest absolute Gasteiger partial charge is 0.492 e. The van der Waals surface area contributed by atoms with E-state index in [1.807, 2.05) is 13.0 Å². The fraction of sp³-hybridized carbons (Fsp3) is 0.500. The van der Waals surface area contributed by atoms with Crippen LogP contribution in [-0.4, -0.2) is 22.8 Å². The molecule has 0 spiro atoms. The molecule has 0 aliphatic carbocycles. The standard InChI is InChI=1S/C14H20O4/c1-9-5-6-11(10(2)15)12(7-9)18-8-14(3,4)13(16)17/h5-7,10,15H,8H2,1-4H3,(H,16,17). The Morgan fingerprint density at radius 3 is 2.56 bits per heavy atom. The third-order valence-corrected chi connectivity index (χ3v) is 2.79. The van der Waals surface area contributed by atoms with Gasteiger partial charge >= 0.3 is 5.97 Å². The second-order valence-electron chi connectivity index (χ2n) is 5.19. The molecule has 0 aromatic heterocycles. The molecule has 1 aromatic rings. The van der Waals surface area contributed by atoms with E-state index >= 15 is 0 Å². The topological polar surface area (TPSA) is 66.8 Å². The van der Waals surface area contributed by atoms with Gasteiger partial charge in [0.05, 0.1) is 11.5 Å². The molecule has 4 nitrogen and oxygen atoms in total. The minimum atomic E-state index is -0.959. The van der Waals surface area contributed by atoms with Crippen LogP contribution in [0.2, 0.25) is 0 Å². The van der Waals surface area contributed by atoms with Crippen molar-refractivity contribution in [1.29, 1.82) is 0 Å². The van der Waals surface area contributed by atoms with Gasteiger partial charge in [-0.15, -0.1) is 0 Å². The SMILES string of the molecule is Cc1ccc(C(C)O)c(OCC(C)(C)C(=O)O)c1. The number of carboxylic acids is 1. The van der Waals surface area contributed by atoms with E-state index in [-0.39, 0.29) is 6.61 Å².